The molecule has 25 heavy (non-hydrogen) atoms. The van der Waals surface area contributed by atoms with Crippen LogP contribution in [0.5, 0.6) is 0 Å². The highest BCUT2D eigenvalue weighted by molar-refractivity contribution is 5.65. The van der Waals surface area contributed by atoms with Gasteiger partial charge in [0, 0.05) is 6.92 Å². The van der Waals surface area contributed by atoms with Crippen molar-refractivity contribution in [1.82, 2.24) is 0 Å². The first-order chi connectivity index (χ1) is 11.9. The lowest BCUT2D eigenvalue weighted by Gasteiger charge is -2.58. The Labute approximate surface area is 153 Å². The lowest BCUT2D eigenvalue weighted by atomic mass is 9.47. The second-order valence-corrected chi connectivity index (χ2v) is 9.90. The molecule has 0 aromatic carbocycles. The summed E-state index contributed by atoms with van der Waals surface area (Å²) < 4.78 is 5.28. The van der Waals surface area contributed by atoms with Crippen LogP contribution in [0.3, 0.4) is 0 Å². The molecule has 0 radical (unpaired) electrons. The predicted molar refractivity (Wildman–Crippen MR) is 101 cm³/mol. The van der Waals surface area contributed by atoms with Gasteiger partial charge in [-0.1, -0.05) is 25.5 Å². The van der Waals surface area contributed by atoms with Gasteiger partial charge in [-0.15, -0.1) is 0 Å². The molecular formula is C23H36O2. The van der Waals surface area contributed by atoms with Gasteiger partial charge >= 0.3 is 5.97 Å². The van der Waals surface area contributed by atoms with Crippen LogP contribution in [0.4, 0.5) is 0 Å². The summed E-state index contributed by atoms with van der Waals surface area (Å²) in [4.78, 5) is 11.1. The van der Waals surface area contributed by atoms with E-state index in [1.807, 2.05) is 5.57 Å². The Bertz CT molecular complexity index is 564. The molecule has 0 aromatic heterocycles. The van der Waals surface area contributed by atoms with Crippen molar-refractivity contribution in [2.75, 3.05) is 6.61 Å². The lowest BCUT2D eigenvalue weighted by molar-refractivity contribution is -0.141. The first-order valence-corrected chi connectivity index (χ1v) is 10.8. The number of carbonyl (C=O) groups excluding carboxylic acids is 1. The van der Waals surface area contributed by atoms with Crippen molar-refractivity contribution >= 4 is 5.97 Å². The fourth-order valence-corrected chi connectivity index (χ4v) is 7.68. The summed E-state index contributed by atoms with van der Waals surface area (Å²) in [6, 6.07) is 0. The Hall–Kier alpha value is -0.790. The average Bonchev–Trinajstić information content (AvgIpc) is 2.91. The number of carbonyl (C=O) groups is 1. The van der Waals surface area contributed by atoms with Crippen LogP contribution in [0.15, 0.2) is 11.6 Å². The van der Waals surface area contributed by atoms with E-state index >= 15 is 0 Å². The molecule has 4 aliphatic rings. The Kier molecular flexibility index (Phi) is 4.53. The molecule has 0 amide bonds. The Morgan fingerprint density at radius 3 is 2.80 bits per heavy atom. The van der Waals surface area contributed by atoms with E-state index in [0.717, 1.165) is 30.1 Å². The SMILES string of the molecule is CC(=O)OCC[C@H]1CC[C@H]2[C@@H]3CCC4=CCCC[C@]4(C)[C@H]3CC[C@]12C. The Morgan fingerprint density at radius 2 is 2.00 bits per heavy atom. The van der Waals surface area contributed by atoms with Gasteiger partial charge in [-0.3, -0.25) is 4.79 Å². The van der Waals surface area contributed by atoms with Crippen LogP contribution in [0.2, 0.25) is 0 Å². The summed E-state index contributed by atoms with van der Waals surface area (Å²) in [7, 11) is 0. The maximum absolute atomic E-state index is 11.1. The Balaban J connectivity index is 1.51. The monoisotopic (exact) mass is 344 g/mol. The van der Waals surface area contributed by atoms with Gasteiger partial charge in [0.15, 0.2) is 0 Å². The van der Waals surface area contributed by atoms with Crippen molar-refractivity contribution in [3.05, 3.63) is 11.6 Å². The molecule has 0 unspecified atom stereocenters. The van der Waals surface area contributed by atoms with E-state index in [2.05, 4.69) is 19.9 Å². The zero-order valence-corrected chi connectivity index (χ0v) is 16.5. The average molecular weight is 345 g/mol. The van der Waals surface area contributed by atoms with Crippen LogP contribution >= 0.6 is 0 Å². The van der Waals surface area contributed by atoms with Crippen LogP contribution in [-0.4, -0.2) is 12.6 Å². The summed E-state index contributed by atoms with van der Waals surface area (Å²) in [5.74, 6) is 3.42. The van der Waals surface area contributed by atoms with E-state index in [4.69, 9.17) is 4.74 Å². The largest absolute Gasteiger partial charge is 0.466 e. The molecule has 0 spiro atoms. The number of allylic oxidation sites excluding steroid dienone is 2. The third-order valence-electron chi connectivity index (χ3n) is 9.00. The molecule has 4 aliphatic carbocycles. The van der Waals surface area contributed by atoms with Crippen LogP contribution in [0.1, 0.15) is 85.0 Å². The first-order valence-electron chi connectivity index (χ1n) is 10.8. The topological polar surface area (TPSA) is 26.3 Å². The van der Waals surface area contributed by atoms with Gasteiger partial charge in [0.05, 0.1) is 6.61 Å². The molecule has 0 N–H and O–H groups in total. The number of ether oxygens (including phenoxy) is 1. The molecule has 6 atom stereocenters. The van der Waals surface area contributed by atoms with Crippen LogP contribution in [0.25, 0.3) is 0 Å². The van der Waals surface area contributed by atoms with Crippen molar-refractivity contribution in [3.63, 3.8) is 0 Å². The fraction of sp³-hybridized carbons (Fsp3) is 0.870. The van der Waals surface area contributed by atoms with Crippen molar-refractivity contribution in [3.8, 4) is 0 Å². The van der Waals surface area contributed by atoms with Gasteiger partial charge in [0.2, 0.25) is 0 Å². The number of fused-ring (bicyclic) bond motifs is 5. The van der Waals surface area contributed by atoms with E-state index < -0.39 is 0 Å². The zero-order valence-electron chi connectivity index (χ0n) is 16.5. The molecule has 4 rings (SSSR count). The summed E-state index contributed by atoms with van der Waals surface area (Å²) in [6.07, 6.45) is 16.2. The molecule has 2 heteroatoms. The molecular weight excluding hydrogens is 308 g/mol. The summed E-state index contributed by atoms with van der Waals surface area (Å²) >= 11 is 0. The second kappa shape index (κ2) is 6.43. The van der Waals surface area contributed by atoms with Crippen molar-refractivity contribution < 1.29 is 9.53 Å². The van der Waals surface area contributed by atoms with E-state index in [1.54, 1.807) is 0 Å². The van der Waals surface area contributed by atoms with Crippen LogP contribution in [0, 0.1) is 34.5 Å². The predicted octanol–water partition coefficient (Wildman–Crippen LogP) is 5.91. The highest BCUT2D eigenvalue weighted by Crippen LogP contribution is 2.67. The van der Waals surface area contributed by atoms with Crippen molar-refractivity contribution in [2.24, 2.45) is 34.5 Å². The lowest BCUT2D eigenvalue weighted by Crippen LogP contribution is -2.50. The van der Waals surface area contributed by atoms with Gasteiger partial charge in [-0.2, -0.15) is 0 Å². The number of hydrogen-bond acceptors (Lipinski definition) is 2. The fourth-order valence-electron chi connectivity index (χ4n) is 7.68. The van der Waals surface area contributed by atoms with Crippen molar-refractivity contribution in [2.45, 2.75) is 85.0 Å². The summed E-state index contributed by atoms with van der Waals surface area (Å²) in [6.45, 7) is 7.34. The second-order valence-electron chi connectivity index (χ2n) is 9.90. The molecule has 140 valence electrons. The number of rotatable bonds is 3. The third kappa shape index (κ3) is 2.79. The minimum absolute atomic E-state index is 0.125. The van der Waals surface area contributed by atoms with E-state index in [9.17, 15) is 4.79 Å². The Morgan fingerprint density at radius 1 is 1.16 bits per heavy atom. The molecule has 0 saturated heterocycles. The van der Waals surface area contributed by atoms with Crippen molar-refractivity contribution in [1.29, 1.82) is 0 Å². The summed E-state index contributed by atoms with van der Waals surface area (Å²) in [5.41, 5.74) is 2.82. The van der Waals surface area contributed by atoms with Crippen LogP contribution in [-0.2, 0) is 9.53 Å². The van der Waals surface area contributed by atoms with Gasteiger partial charge in [-0.05, 0) is 98.7 Å². The van der Waals surface area contributed by atoms with Gasteiger partial charge in [-0.25, -0.2) is 0 Å². The molecule has 0 bridgehead atoms. The molecule has 0 aliphatic heterocycles. The normalized spacial score (nSPS) is 45.8. The molecule has 2 nitrogen and oxygen atoms in total. The third-order valence-corrected chi connectivity index (χ3v) is 9.00. The van der Waals surface area contributed by atoms with Gasteiger partial charge in [0.25, 0.3) is 0 Å². The highest BCUT2D eigenvalue weighted by Gasteiger charge is 2.58. The maximum Gasteiger partial charge on any atom is 0.302 e. The molecule has 3 fully saturated rings. The van der Waals surface area contributed by atoms with Gasteiger partial charge in [0.1, 0.15) is 0 Å². The maximum atomic E-state index is 11.1. The van der Waals surface area contributed by atoms with Crippen LogP contribution < -0.4 is 0 Å². The van der Waals surface area contributed by atoms with E-state index in [-0.39, 0.29) is 5.97 Å². The summed E-state index contributed by atoms with van der Waals surface area (Å²) in [5, 5.41) is 0. The minimum atomic E-state index is -0.125. The number of esters is 1. The quantitative estimate of drug-likeness (QED) is 0.470. The van der Waals surface area contributed by atoms with Gasteiger partial charge < -0.3 is 4.74 Å². The standard InChI is InChI=1S/C23H36O2/c1-16(24)25-15-12-18-8-10-20-19-9-7-17-6-4-5-13-22(17,2)21(19)11-14-23(18,20)3/h6,18-21H,4-5,7-15H2,1-3H3/t18-,19+,20+,21+,22+,23-/m1/s1. The molecule has 0 aromatic rings. The van der Waals surface area contributed by atoms with E-state index in [1.165, 1.54) is 64.7 Å². The molecule has 3 saturated carbocycles. The first kappa shape index (κ1) is 17.6. The zero-order chi connectivity index (χ0) is 17.7. The smallest absolute Gasteiger partial charge is 0.302 e. The molecule has 0 heterocycles. The van der Waals surface area contributed by atoms with E-state index in [0.29, 0.717) is 17.4 Å². The number of hydrogen-bond donors (Lipinski definition) is 0. The highest BCUT2D eigenvalue weighted by atomic mass is 16.5. The minimum Gasteiger partial charge on any atom is -0.466 e.